The van der Waals surface area contributed by atoms with Crippen LogP contribution in [0.4, 0.5) is 0 Å². The summed E-state index contributed by atoms with van der Waals surface area (Å²) in [7, 11) is 1.88. The minimum absolute atomic E-state index is 0.0844. The number of nitrogens with zero attached hydrogens (tertiary/aromatic N) is 2. The van der Waals surface area contributed by atoms with Gasteiger partial charge in [0, 0.05) is 36.8 Å². The third-order valence-corrected chi connectivity index (χ3v) is 3.53. The zero-order valence-electron chi connectivity index (χ0n) is 9.32. The Bertz CT molecular complexity index is 402. The van der Waals surface area contributed by atoms with Gasteiger partial charge in [-0.15, -0.1) is 0 Å². The van der Waals surface area contributed by atoms with Crippen LogP contribution in [-0.4, -0.2) is 34.5 Å². The molecule has 1 saturated heterocycles. The number of amides is 1. The zero-order chi connectivity index (χ0) is 11.7. The summed E-state index contributed by atoms with van der Waals surface area (Å²) < 4.78 is 2.78. The molecule has 1 aromatic heterocycles. The highest BCUT2D eigenvalue weighted by Gasteiger charge is 2.29. The third kappa shape index (κ3) is 2.01. The molecule has 1 aliphatic rings. The van der Waals surface area contributed by atoms with Gasteiger partial charge in [0.1, 0.15) is 5.69 Å². The molecule has 5 heteroatoms. The van der Waals surface area contributed by atoms with Crippen LogP contribution in [0.3, 0.4) is 0 Å². The van der Waals surface area contributed by atoms with Crippen molar-refractivity contribution in [3.05, 3.63) is 22.4 Å². The second kappa shape index (κ2) is 4.59. The minimum Gasteiger partial charge on any atom is -0.345 e. The Morgan fingerprint density at radius 3 is 3.00 bits per heavy atom. The molecule has 0 aliphatic carbocycles. The predicted molar refractivity (Wildman–Crippen MR) is 66.2 cm³/mol. The number of nitrogens with two attached hydrogens (primary N) is 1. The molecular formula is C11H16BrN3O. The summed E-state index contributed by atoms with van der Waals surface area (Å²) in [6, 6.07) is 2.06. The number of rotatable bonds is 2. The summed E-state index contributed by atoms with van der Waals surface area (Å²) in [5.74, 6) is 0.0844. The normalized spacial score (nSPS) is 20.4. The first-order valence-corrected chi connectivity index (χ1v) is 6.25. The topological polar surface area (TPSA) is 51.3 Å². The monoisotopic (exact) mass is 285 g/mol. The average Bonchev–Trinajstić information content (AvgIpc) is 2.83. The van der Waals surface area contributed by atoms with Crippen molar-refractivity contribution in [2.75, 3.05) is 13.1 Å². The molecule has 1 aliphatic heterocycles. The average molecular weight is 286 g/mol. The van der Waals surface area contributed by atoms with Crippen molar-refractivity contribution in [1.29, 1.82) is 0 Å². The second-order valence-corrected chi connectivity index (χ2v) is 5.10. The van der Waals surface area contributed by atoms with E-state index in [2.05, 4.69) is 15.9 Å². The molecule has 2 rings (SSSR count). The Morgan fingerprint density at radius 1 is 1.69 bits per heavy atom. The molecule has 4 nitrogen and oxygen atoms in total. The first-order chi connectivity index (χ1) is 7.63. The molecule has 0 spiro atoms. The lowest BCUT2D eigenvalue weighted by molar-refractivity contribution is 0.0731. The highest BCUT2D eigenvalue weighted by molar-refractivity contribution is 9.10. The van der Waals surface area contributed by atoms with E-state index in [-0.39, 0.29) is 11.9 Å². The molecule has 0 saturated carbocycles. The van der Waals surface area contributed by atoms with E-state index in [1.807, 2.05) is 28.8 Å². The largest absolute Gasteiger partial charge is 0.345 e. The zero-order valence-corrected chi connectivity index (χ0v) is 10.9. The summed E-state index contributed by atoms with van der Waals surface area (Å²) >= 11 is 3.38. The van der Waals surface area contributed by atoms with Crippen LogP contribution in [0.1, 0.15) is 23.3 Å². The van der Waals surface area contributed by atoms with Gasteiger partial charge in [0.25, 0.3) is 5.91 Å². The summed E-state index contributed by atoms with van der Waals surface area (Å²) in [6.07, 6.45) is 3.97. The van der Waals surface area contributed by atoms with Gasteiger partial charge in [-0.3, -0.25) is 4.79 Å². The van der Waals surface area contributed by atoms with Crippen LogP contribution in [0.25, 0.3) is 0 Å². The van der Waals surface area contributed by atoms with Gasteiger partial charge in [-0.1, -0.05) is 0 Å². The summed E-state index contributed by atoms with van der Waals surface area (Å²) in [6.45, 7) is 1.38. The van der Waals surface area contributed by atoms with E-state index in [1.165, 1.54) is 0 Å². The van der Waals surface area contributed by atoms with Gasteiger partial charge in [0.05, 0.1) is 0 Å². The van der Waals surface area contributed by atoms with Crippen LogP contribution in [0.15, 0.2) is 16.7 Å². The van der Waals surface area contributed by atoms with Gasteiger partial charge in [-0.05, 0) is 34.8 Å². The minimum atomic E-state index is 0.0844. The Kier molecular flexibility index (Phi) is 3.35. The van der Waals surface area contributed by atoms with Crippen molar-refractivity contribution in [1.82, 2.24) is 9.47 Å². The molecule has 1 aromatic rings. The molecule has 1 amide bonds. The van der Waals surface area contributed by atoms with E-state index in [1.54, 1.807) is 0 Å². The number of halogens is 1. The van der Waals surface area contributed by atoms with E-state index in [9.17, 15) is 4.79 Å². The molecular weight excluding hydrogens is 270 g/mol. The van der Waals surface area contributed by atoms with E-state index < -0.39 is 0 Å². The molecule has 2 N–H and O–H groups in total. The summed E-state index contributed by atoms with van der Waals surface area (Å²) in [5, 5.41) is 0. The second-order valence-electron chi connectivity index (χ2n) is 4.18. The van der Waals surface area contributed by atoms with Crippen LogP contribution < -0.4 is 5.73 Å². The Labute approximate surface area is 104 Å². The standard InChI is InChI=1S/C11H16BrN3O/c1-14-7-8(12)5-10(14)11(16)15-4-2-3-9(15)6-13/h5,7,9H,2-4,6,13H2,1H3. The van der Waals surface area contributed by atoms with Crippen LogP contribution in [-0.2, 0) is 7.05 Å². The van der Waals surface area contributed by atoms with E-state index in [0.717, 1.165) is 23.9 Å². The van der Waals surface area contributed by atoms with Crippen molar-refractivity contribution in [3.8, 4) is 0 Å². The number of likely N-dealkylation sites (tertiary alicyclic amines) is 1. The van der Waals surface area contributed by atoms with Gasteiger partial charge < -0.3 is 15.2 Å². The van der Waals surface area contributed by atoms with Gasteiger partial charge in [0.15, 0.2) is 0 Å². The molecule has 1 fully saturated rings. The quantitative estimate of drug-likeness (QED) is 0.892. The Balaban J connectivity index is 2.21. The number of carbonyl (C=O) groups is 1. The van der Waals surface area contributed by atoms with E-state index in [4.69, 9.17) is 5.73 Å². The highest BCUT2D eigenvalue weighted by Crippen LogP contribution is 2.21. The smallest absolute Gasteiger partial charge is 0.270 e. The third-order valence-electron chi connectivity index (χ3n) is 3.10. The first-order valence-electron chi connectivity index (χ1n) is 5.46. The number of aromatic nitrogens is 1. The molecule has 88 valence electrons. The number of aryl methyl sites for hydroxylation is 1. The van der Waals surface area contributed by atoms with Gasteiger partial charge in [-0.25, -0.2) is 0 Å². The molecule has 0 radical (unpaired) electrons. The van der Waals surface area contributed by atoms with E-state index in [0.29, 0.717) is 12.2 Å². The van der Waals surface area contributed by atoms with Crippen LogP contribution in [0, 0.1) is 0 Å². The fourth-order valence-electron chi connectivity index (χ4n) is 2.23. The fourth-order valence-corrected chi connectivity index (χ4v) is 2.76. The predicted octanol–water partition coefficient (Wildman–Crippen LogP) is 1.35. The Morgan fingerprint density at radius 2 is 2.44 bits per heavy atom. The van der Waals surface area contributed by atoms with Crippen molar-refractivity contribution >= 4 is 21.8 Å². The Hall–Kier alpha value is -0.810. The fraction of sp³-hybridized carbons (Fsp3) is 0.545. The van der Waals surface area contributed by atoms with Gasteiger partial charge in [-0.2, -0.15) is 0 Å². The maximum absolute atomic E-state index is 12.3. The number of hydrogen-bond acceptors (Lipinski definition) is 2. The molecule has 1 atom stereocenters. The first kappa shape index (κ1) is 11.7. The van der Waals surface area contributed by atoms with Crippen LogP contribution in [0.2, 0.25) is 0 Å². The SMILES string of the molecule is Cn1cc(Br)cc1C(=O)N1CCCC1CN. The van der Waals surface area contributed by atoms with Gasteiger partial charge in [0.2, 0.25) is 0 Å². The molecule has 0 bridgehead atoms. The number of carbonyl (C=O) groups excluding carboxylic acids is 1. The van der Waals surface area contributed by atoms with Crippen LogP contribution >= 0.6 is 15.9 Å². The molecule has 16 heavy (non-hydrogen) atoms. The van der Waals surface area contributed by atoms with Crippen molar-refractivity contribution in [3.63, 3.8) is 0 Å². The summed E-state index contributed by atoms with van der Waals surface area (Å²) in [5.41, 5.74) is 6.39. The van der Waals surface area contributed by atoms with Crippen molar-refractivity contribution < 1.29 is 4.79 Å². The van der Waals surface area contributed by atoms with Crippen molar-refractivity contribution in [2.24, 2.45) is 12.8 Å². The van der Waals surface area contributed by atoms with Gasteiger partial charge >= 0.3 is 0 Å². The maximum Gasteiger partial charge on any atom is 0.270 e. The lowest BCUT2D eigenvalue weighted by Crippen LogP contribution is -2.40. The molecule has 0 aromatic carbocycles. The highest BCUT2D eigenvalue weighted by atomic mass is 79.9. The maximum atomic E-state index is 12.3. The van der Waals surface area contributed by atoms with Crippen molar-refractivity contribution in [2.45, 2.75) is 18.9 Å². The molecule has 2 heterocycles. The lowest BCUT2D eigenvalue weighted by Gasteiger charge is -2.23. The van der Waals surface area contributed by atoms with E-state index >= 15 is 0 Å². The molecule has 1 unspecified atom stereocenters. The van der Waals surface area contributed by atoms with Crippen LogP contribution in [0.5, 0.6) is 0 Å². The lowest BCUT2D eigenvalue weighted by atomic mass is 10.2. The summed E-state index contributed by atoms with van der Waals surface area (Å²) in [4.78, 5) is 14.2. The number of hydrogen-bond donors (Lipinski definition) is 1.